The third-order valence-corrected chi connectivity index (χ3v) is 2.70. The molecule has 0 aromatic carbocycles. The first-order valence-electron chi connectivity index (χ1n) is 6.64. The van der Waals surface area contributed by atoms with Crippen molar-refractivity contribution < 1.29 is 9.47 Å². The minimum atomic E-state index is 0.259. The first-order valence-corrected chi connectivity index (χ1v) is 6.64. The van der Waals surface area contributed by atoms with Crippen LogP contribution in [0.5, 0.6) is 5.75 Å². The van der Waals surface area contributed by atoms with Crippen molar-refractivity contribution in [2.45, 2.75) is 32.7 Å². The number of nitrogens with zero attached hydrogens (tertiary/aromatic N) is 1. The van der Waals surface area contributed by atoms with Gasteiger partial charge in [0.1, 0.15) is 5.75 Å². The van der Waals surface area contributed by atoms with Crippen molar-refractivity contribution in [3.63, 3.8) is 0 Å². The quantitative estimate of drug-likeness (QED) is 0.686. The molecule has 0 amide bonds. The highest BCUT2D eigenvalue weighted by Gasteiger charge is 2.10. The van der Waals surface area contributed by atoms with Crippen molar-refractivity contribution >= 4 is 0 Å². The van der Waals surface area contributed by atoms with E-state index in [4.69, 9.17) is 9.47 Å². The molecule has 18 heavy (non-hydrogen) atoms. The zero-order chi connectivity index (χ0) is 13.2. The molecule has 1 unspecified atom stereocenters. The van der Waals surface area contributed by atoms with Gasteiger partial charge >= 0.3 is 0 Å². The smallest absolute Gasteiger partial charge is 0.137 e. The summed E-state index contributed by atoms with van der Waals surface area (Å²) in [6.07, 6.45) is 5.62. The molecule has 0 saturated heterocycles. The molecule has 0 aliphatic rings. The van der Waals surface area contributed by atoms with E-state index in [2.05, 4.69) is 17.2 Å². The monoisotopic (exact) mass is 252 g/mol. The fourth-order valence-corrected chi connectivity index (χ4v) is 1.80. The van der Waals surface area contributed by atoms with Gasteiger partial charge in [0.25, 0.3) is 0 Å². The van der Waals surface area contributed by atoms with E-state index in [-0.39, 0.29) is 6.04 Å². The minimum Gasteiger partial charge on any atom is -0.492 e. The van der Waals surface area contributed by atoms with Crippen LogP contribution in [-0.2, 0) is 4.74 Å². The van der Waals surface area contributed by atoms with Gasteiger partial charge in [-0.3, -0.25) is 4.98 Å². The van der Waals surface area contributed by atoms with E-state index in [1.165, 1.54) is 0 Å². The summed E-state index contributed by atoms with van der Waals surface area (Å²) >= 11 is 0. The van der Waals surface area contributed by atoms with Crippen LogP contribution in [0.15, 0.2) is 18.5 Å². The normalized spacial score (nSPS) is 12.4. The molecule has 1 atom stereocenters. The Bertz CT molecular complexity index is 331. The Morgan fingerprint density at radius 2 is 2.11 bits per heavy atom. The van der Waals surface area contributed by atoms with Gasteiger partial charge in [-0.25, -0.2) is 0 Å². The van der Waals surface area contributed by atoms with Crippen LogP contribution >= 0.6 is 0 Å². The van der Waals surface area contributed by atoms with Crippen molar-refractivity contribution in [3.05, 3.63) is 24.0 Å². The summed E-state index contributed by atoms with van der Waals surface area (Å²) in [4.78, 5) is 4.21. The molecule has 0 bridgehead atoms. The lowest BCUT2D eigenvalue weighted by atomic mass is 10.1. The Hall–Kier alpha value is -1.13. The van der Waals surface area contributed by atoms with Gasteiger partial charge in [0.15, 0.2) is 0 Å². The first kappa shape index (κ1) is 14.9. The Labute approximate surface area is 110 Å². The van der Waals surface area contributed by atoms with Crippen LogP contribution in [0.4, 0.5) is 0 Å². The molecule has 4 nitrogen and oxygen atoms in total. The summed E-state index contributed by atoms with van der Waals surface area (Å²) < 4.78 is 11.0. The van der Waals surface area contributed by atoms with Crippen LogP contribution in [0.2, 0.25) is 0 Å². The van der Waals surface area contributed by atoms with Gasteiger partial charge in [0, 0.05) is 25.5 Å². The molecule has 1 aromatic heterocycles. The Morgan fingerprint density at radius 1 is 1.28 bits per heavy atom. The number of nitrogens with one attached hydrogen (secondary N) is 1. The van der Waals surface area contributed by atoms with E-state index in [1.807, 2.05) is 26.2 Å². The Morgan fingerprint density at radius 3 is 2.78 bits per heavy atom. The average molecular weight is 252 g/mol. The van der Waals surface area contributed by atoms with Gasteiger partial charge in [0.05, 0.1) is 12.8 Å². The molecule has 0 aliphatic heterocycles. The molecule has 0 spiro atoms. The second-order valence-corrected chi connectivity index (χ2v) is 4.13. The molecule has 4 heteroatoms. The minimum absolute atomic E-state index is 0.259. The predicted molar refractivity (Wildman–Crippen MR) is 72.9 cm³/mol. The van der Waals surface area contributed by atoms with Crippen LogP contribution in [0, 0.1) is 0 Å². The second kappa shape index (κ2) is 8.89. The van der Waals surface area contributed by atoms with Gasteiger partial charge in [-0.05, 0) is 38.4 Å². The summed E-state index contributed by atoms with van der Waals surface area (Å²) in [6.45, 7) is 6.34. The van der Waals surface area contributed by atoms with E-state index < -0.39 is 0 Å². The SMILES string of the molecule is CCCOCCC(NC)c1cncc(OCC)c1. The molecule has 0 aliphatic carbocycles. The van der Waals surface area contributed by atoms with Crippen molar-refractivity contribution in [2.24, 2.45) is 0 Å². The van der Waals surface area contributed by atoms with Crippen molar-refractivity contribution in [3.8, 4) is 5.75 Å². The van der Waals surface area contributed by atoms with Gasteiger partial charge in [0.2, 0.25) is 0 Å². The fourth-order valence-electron chi connectivity index (χ4n) is 1.80. The van der Waals surface area contributed by atoms with E-state index in [9.17, 15) is 0 Å². The highest BCUT2D eigenvalue weighted by molar-refractivity contribution is 5.26. The van der Waals surface area contributed by atoms with Gasteiger partial charge < -0.3 is 14.8 Å². The first-order chi connectivity index (χ1) is 8.81. The number of hydrogen-bond acceptors (Lipinski definition) is 4. The van der Waals surface area contributed by atoms with Crippen LogP contribution in [0.25, 0.3) is 0 Å². The maximum absolute atomic E-state index is 5.52. The fraction of sp³-hybridized carbons (Fsp3) is 0.643. The number of aromatic nitrogens is 1. The summed E-state index contributed by atoms with van der Waals surface area (Å²) in [6, 6.07) is 2.30. The Kier molecular flexibility index (Phi) is 7.37. The lowest BCUT2D eigenvalue weighted by Gasteiger charge is -2.17. The molecule has 0 saturated carbocycles. The topological polar surface area (TPSA) is 43.4 Å². The van der Waals surface area contributed by atoms with Gasteiger partial charge in [-0.1, -0.05) is 6.92 Å². The lowest BCUT2D eigenvalue weighted by molar-refractivity contribution is 0.125. The molecular weight excluding hydrogens is 228 g/mol. The molecule has 1 rings (SSSR count). The summed E-state index contributed by atoms with van der Waals surface area (Å²) in [5.74, 6) is 0.824. The third kappa shape index (κ3) is 5.02. The molecule has 1 N–H and O–H groups in total. The van der Waals surface area contributed by atoms with Crippen molar-refractivity contribution in [1.29, 1.82) is 0 Å². The number of pyridine rings is 1. The van der Waals surface area contributed by atoms with E-state index in [0.717, 1.165) is 37.4 Å². The number of hydrogen-bond donors (Lipinski definition) is 1. The molecule has 0 fully saturated rings. The van der Waals surface area contributed by atoms with Crippen LogP contribution in [-0.4, -0.2) is 31.9 Å². The highest BCUT2D eigenvalue weighted by atomic mass is 16.5. The second-order valence-electron chi connectivity index (χ2n) is 4.13. The molecule has 1 aromatic rings. The largest absolute Gasteiger partial charge is 0.492 e. The predicted octanol–water partition coefficient (Wildman–Crippen LogP) is 2.56. The summed E-state index contributed by atoms with van der Waals surface area (Å²) in [5, 5.41) is 3.29. The van der Waals surface area contributed by atoms with Crippen LogP contribution < -0.4 is 10.1 Å². The van der Waals surface area contributed by atoms with Crippen molar-refractivity contribution in [2.75, 3.05) is 26.9 Å². The van der Waals surface area contributed by atoms with Crippen LogP contribution in [0.3, 0.4) is 0 Å². The maximum atomic E-state index is 5.52. The molecule has 0 radical (unpaired) electrons. The lowest BCUT2D eigenvalue weighted by Crippen LogP contribution is -2.18. The maximum Gasteiger partial charge on any atom is 0.137 e. The standard InChI is InChI=1S/C14H24N2O2/c1-4-7-17-8-6-14(15-3)12-9-13(18-5-2)11-16-10-12/h9-11,14-15H,4-8H2,1-3H3. The van der Waals surface area contributed by atoms with Crippen molar-refractivity contribution in [1.82, 2.24) is 10.3 Å². The molecule has 102 valence electrons. The zero-order valence-corrected chi connectivity index (χ0v) is 11.6. The van der Waals surface area contributed by atoms with Crippen LogP contribution in [0.1, 0.15) is 38.3 Å². The van der Waals surface area contributed by atoms with E-state index >= 15 is 0 Å². The molecular formula is C14H24N2O2. The van der Waals surface area contributed by atoms with E-state index in [0.29, 0.717) is 6.61 Å². The van der Waals surface area contributed by atoms with Gasteiger partial charge in [-0.15, -0.1) is 0 Å². The number of ether oxygens (including phenoxy) is 2. The summed E-state index contributed by atoms with van der Waals surface area (Å²) in [7, 11) is 1.96. The summed E-state index contributed by atoms with van der Waals surface area (Å²) in [5.41, 5.74) is 1.14. The number of rotatable bonds is 9. The molecule has 1 heterocycles. The zero-order valence-electron chi connectivity index (χ0n) is 11.6. The average Bonchev–Trinajstić information content (AvgIpc) is 2.40. The van der Waals surface area contributed by atoms with Gasteiger partial charge in [-0.2, -0.15) is 0 Å². The highest BCUT2D eigenvalue weighted by Crippen LogP contribution is 2.20. The third-order valence-electron chi connectivity index (χ3n) is 2.70. The Balaban J connectivity index is 2.54. The van der Waals surface area contributed by atoms with E-state index in [1.54, 1.807) is 6.20 Å².